The van der Waals surface area contributed by atoms with Gasteiger partial charge in [0.05, 0.1) is 12.2 Å². The van der Waals surface area contributed by atoms with E-state index in [1.54, 1.807) is 18.2 Å². The maximum absolute atomic E-state index is 13.0. The second kappa shape index (κ2) is 7.27. The maximum atomic E-state index is 13.0. The second-order valence-electron chi connectivity index (χ2n) is 6.87. The molecule has 150 valence electrons. The number of alkyl halides is 3. The fourth-order valence-corrected chi connectivity index (χ4v) is 3.44. The van der Waals surface area contributed by atoms with Crippen molar-refractivity contribution < 1.29 is 27.5 Å². The van der Waals surface area contributed by atoms with Crippen LogP contribution in [0.15, 0.2) is 42.5 Å². The molecule has 2 amide bonds. The summed E-state index contributed by atoms with van der Waals surface area (Å²) in [7, 11) is 0. The maximum Gasteiger partial charge on any atom is 0.416 e. The lowest BCUT2D eigenvalue weighted by Crippen LogP contribution is -2.13. The van der Waals surface area contributed by atoms with Crippen molar-refractivity contribution >= 4 is 23.1 Å². The monoisotopic (exact) mass is 402 g/mol. The summed E-state index contributed by atoms with van der Waals surface area (Å²) >= 11 is 0. The van der Waals surface area contributed by atoms with Gasteiger partial charge < -0.3 is 15.4 Å². The van der Waals surface area contributed by atoms with E-state index >= 15 is 0 Å². The van der Waals surface area contributed by atoms with E-state index in [-0.39, 0.29) is 18.3 Å². The van der Waals surface area contributed by atoms with Crippen molar-refractivity contribution in [3.8, 4) is 5.75 Å². The SMILES string of the molecule is O=C(C=C1CCCOc2cc(C(F)(F)F)ccc21)Nc1ccc2c(c1)C(=O)NC2. The summed E-state index contributed by atoms with van der Waals surface area (Å²) in [5.41, 5.74) is 2.13. The number of allylic oxidation sites excluding steroid dienone is 1. The predicted octanol–water partition coefficient (Wildman–Crippen LogP) is 4.14. The number of rotatable bonds is 2. The molecule has 4 rings (SSSR count). The molecule has 0 radical (unpaired) electrons. The summed E-state index contributed by atoms with van der Waals surface area (Å²) in [5, 5.41) is 5.42. The zero-order chi connectivity index (χ0) is 20.6. The minimum atomic E-state index is -4.47. The Hall–Kier alpha value is -3.29. The van der Waals surface area contributed by atoms with Crippen LogP contribution in [0.5, 0.6) is 5.75 Å². The fourth-order valence-electron chi connectivity index (χ4n) is 3.44. The molecule has 2 N–H and O–H groups in total. The number of nitrogens with one attached hydrogen (secondary N) is 2. The molecule has 0 spiro atoms. The Morgan fingerprint density at radius 1 is 1.14 bits per heavy atom. The quantitative estimate of drug-likeness (QED) is 0.742. The fraction of sp³-hybridized carbons (Fsp3) is 0.238. The van der Waals surface area contributed by atoms with E-state index in [1.807, 2.05) is 0 Å². The van der Waals surface area contributed by atoms with Gasteiger partial charge in [-0.25, -0.2) is 0 Å². The number of carbonyl (C=O) groups excluding carboxylic acids is 2. The van der Waals surface area contributed by atoms with Crippen molar-refractivity contribution in [1.82, 2.24) is 5.32 Å². The molecule has 0 saturated heterocycles. The number of carbonyl (C=O) groups is 2. The van der Waals surface area contributed by atoms with E-state index in [9.17, 15) is 22.8 Å². The molecule has 2 heterocycles. The first-order chi connectivity index (χ1) is 13.8. The molecule has 0 aromatic heterocycles. The van der Waals surface area contributed by atoms with Gasteiger partial charge in [-0.3, -0.25) is 9.59 Å². The summed E-state index contributed by atoms with van der Waals surface area (Å²) < 4.78 is 44.4. The van der Waals surface area contributed by atoms with Crippen molar-refractivity contribution in [2.75, 3.05) is 11.9 Å². The topological polar surface area (TPSA) is 67.4 Å². The minimum absolute atomic E-state index is 0.116. The Morgan fingerprint density at radius 3 is 2.76 bits per heavy atom. The number of benzene rings is 2. The molecular formula is C21H17F3N2O3. The second-order valence-corrected chi connectivity index (χ2v) is 6.87. The molecule has 2 aromatic carbocycles. The van der Waals surface area contributed by atoms with Gasteiger partial charge in [0.1, 0.15) is 5.75 Å². The number of ether oxygens (including phenoxy) is 1. The highest BCUT2D eigenvalue weighted by Gasteiger charge is 2.32. The smallest absolute Gasteiger partial charge is 0.416 e. The van der Waals surface area contributed by atoms with Gasteiger partial charge in [-0.15, -0.1) is 0 Å². The first-order valence-corrected chi connectivity index (χ1v) is 9.08. The van der Waals surface area contributed by atoms with Crippen LogP contribution in [0, 0.1) is 0 Å². The van der Waals surface area contributed by atoms with Crippen LogP contribution >= 0.6 is 0 Å². The number of hydrogen-bond donors (Lipinski definition) is 2. The largest absolute Gasteiger partial charge is 0.493 e. The van der Waals surface area contributed by atoms with Gasteiger partial charge in [-0.1, -0.05) is 12.1 Å². The van der Waals surface area contributed by atoms with Crippen LogP contribution in [0.25, 0.3) is 5.57 Å². The van der Waals surface area contributed by atoms with E-state index in [2.05, 4.69) is 10.6 Å². The molecule has 8 heteroatoms. The first kappa shape index (κ1) is 19.0. The van der Waals surface area contributed by atoms with Crippen LogP contribution in [0.4, 0.5) is 18.9 Å². The highest BCUT2D eigenvalue weighted by Crippen LogP contribution is 2.38. The van der Waals surface area contributed by atoms with Gasteiger partial charge in [-0.2, -0.15) is 13.2 Å². The minimum Gasteiger partial charge on any atom is -0.493 e. The van der Waals surface area contributed by atoms with Crippen molar-refractivity contribution in [1.29, 1.82) is 0 Å². The van der Waals surface area contributed by atoms with Gasteiger partial charge in [0.15, 0.2) is 0 Å². The molecule has 5 nitrogen and oxygen atoms in total. The molecule has 2 aromatic rings. The van der Waals surface area contributed by atoms with E-state index in [0.29, 0.717) is 41.8 Å². The third-order valence-corrected chi connectivity index (χ3v) is 4.87. The molecule has 2 aliphatic heterocycles. The van der Waals surface area contributed by atoms with Crippen molar-refractivity contribution in [2.24, 2.45) is 0 Å². The van der Waals surface area contributed by atoms with Crippen LogP contribution in [0.1, 0.15) is 39.9 Å². The highest BCUT2D eigenvalue weighted by atomic mass is 19.4. The normalized spacial score (nSPS) is 17.1. The lowest BCUT2D eigenvalue weighted by Gasteiger charge is -2.13. The number of halogens is 3. The van der Waals surface area contributed by atoms with Gasteiger partial charge in [0.25, 0.3) is 5.91 Å². The molecule has 29 heavy (non-hydrogen) atoms. The number of hydrogen-bond acceptors (Lipinski definition) is 3. The van der Waals surface area contributed by atoms with E-state index in [0.717, 1.165) is 17.7 Å². The van der Waals surface area contributed by atoms with Gasteiger partial charge in [0.2, 0.25) is 5.91 Å². The van der Waals surface area contributed by atoms with Crippen LogP contribution < -0.4 is 15.4 Å². The summed E-state index contributed by atoms with van der Waals surface area (Å²) in [6, 6.07) is 8.36. The van der Waals surface area contributed by atoms with Gasteiger partial charge in [0, 0.05) is 29.4 Å². The Labute approximate surface area is 164 Å². The Kier molecular flexibility index (Phi) is 4.77. The standard InChI is InChI=1S/C21H17F3N2O3/c22-21(23,24)14-4-6-16-12(2-1-7-29-18(16)9-14)8-19(27)26-15-5-3-13-11-25-20(28)17(13)10-15/h3-6,8-10H,1-2,7,11H2,(H,25,28)(H,26,27). The molecule has 0 bridgehead atoms. The summed E-state index contributed by atoms with van der Waals surface area (Å²) in [4.78, 5) is 24.3. The zero-order valence-corrected chi connectivity index (χ0v) is 15.2. The summed E-state index contributed by atoms with van der Waals surface area (Å²) in [6.07, 6.45) is -2.02. The molecular weight excluding hydrogens is 385 g/mol. The molecule has 0 aliphatic carbocycles. The molecule has 0 atom stereocenters. The van der Waals surface area contributed by atoms with Crippen LogP contribution in [0.2, 0.25) is 0 Å². The first-order valence-electron chi connectivity index (χ1n) is 9.08. The van der Waals surface area contributed by atoms with E-state index in [1.165, 1.54) is 12.1 Å². The predicted molar refractivity (Wildman–Crippen MR) is 100 cm³/mol. The van der Waals surface area contributed by atoms with Gasteiger partial charge >= 0.3 is 6.18 Å². The average molecular weight is 402 g/mol. The average Bonchev–Trinajstić information content (AvgIpc) is 2.91. The molecule has 0 unspecified atom stereocenters. The third-order valence-electron chi connectivity index (χ3n) is 4.87. The van der Waals surface area contributed by atoms with Crippen LogP contribution in [-0.4, -0.2) is 18.4 Å². The summed E-state index contributed by atoms with van der Waals surface area (Å²) in [5.74, 6) is -0.499. The van der Waals surface area contributed by atoms with E-state index < -0.39 is 17.6 Å². The number of amides is 2. The molecule has 0 fully saturated rings. The highest BCUT2D eigenvalue weighted by molar-refractivity contribution is 6.05. The lowest BCUT2D eigenvalue weighted by molar-refractivity contribution is -0.137. The lowest BCUT2D eigenvalue weighted by atomic mass is 9.99. The Morgan fingerprint density at radius 2 is 1.97 bits per heavy atom. The summed E-state index contributed by atoms with van der Waals surface area (Å²) in [6.45, 7) is 0.732. The zero-order valence-electron chi connectivity index (χ0n) is 15.2. The van der Waals surface area contributed by atoms with Crippen LogP contribution in [-0.2, 0) is 17.5 Å². The van der Waals surface area contributed by atoms with Gasteiger partial charge in [-0.05, 0) is 48.2 Å². The number of fused-ring (bicyclic) bond motifs is 2. The van der Waals surface area contributed by atoms with E-state index in [4.69, 9.17) is 4.74 Å². The molecule has 2 aliphatic rings. The number of anilines is 1. The van der Waals surface area contributed by atoms with Crippen molar-refractivity contribution in [3.63, 3.8) is 0 Å². The molecule has 0 saturated carbocycles. The third kappa shape index (κ3) is 3.96. The Balaban J connectivity index is 1.59. The van der Waals surface area contributed by atoms with Crippen molar-refractivity contribution in [2.45, 2.75) is 25.6 Å². The van der Waals surface area contributed by atoms with Crippen molar-refractivity contribution in [3.05, 3.63) is 64.7 Å². The Bertz CT molecular complexity index is 1030. The van der Waals surface area contributed by atoms with Crippen LogP contribution in [0.3, 0.4) is 0 Å².